The number of thioether (sulfide) groups is 1. The Bertz CT molecular complexity index is 872. The average Bonchev–Trinajstić information content (AvgIpc) is 3.01. The van der Waals surface area contributed by atoms with E-state index in [0.717, 1.165) is 12.8 Å². The summed E-state index contributed by atoms with van der Waals surface area (Å²) in [7, 11) is 0. The van der Waals surface area contributed by atoms with Gasteiger partial charge in [-0.05, 0) is 38.0 Å². The highest BCUT2D eigenvalue weighted by Gasteiger charge is 2.33. The molecule has 1 saturated carbocycles. The average molecular weight is 339 g/mol. The van der Waals surface area contributed by atoms with Crippen molar-refractivity contribution < 1.29 is 9.53 Å². The molecule has 1 aliphatic carbocycles. The molecular weight excluding hydrogens is 322 g/mol. The number of esters is 1. The quantitative estimate of drug-likeness (QED) is 0.733. The number of hydrogen-bond acceptors (Lipinski definition) is 5. The zero-order valence-corrected chi connectivity index (χ0v) is 14.0. The van der Waals surface area contributed by atoms with Crippen molar-refractivity contribution in [1.82, 2.24) is 15.0 Å². The van der Waals surface area contributed by atoms with Crippen LogP contribution in [0.5, 0.6) is 0 Å². The van der Waals surface area contributed by atoms with Crippen LogP contribution in [-0.4, -0.2) is 32.3 Å². The van der Waals surface area contributed by atoms with Gasteiger partial charge in [-0.3, -0.25) is 0 Å². The molecule has 0 bridgehead atoms. The number of H-pyrrole nitrogens is 1. The number of aromatic amines is 1. The summed E-state index contributed by atoms with van der Waals surface area (Å²) in [5.41, 5.74) is 1.01. The molecule has 4 rings (SSSR count). The second-order valence-corrected chi connectivity index (χ2v) is 7.28. The summed E-state index contributed by atoms with van der Waals surface area (Å²) in [6.45, 7) is 1.77. The number of nitrogens with zero attached hydrogens (tertiary/aromatic N) is 2. The molecule has 2 heterocycles. The maximum Gasteiger partial charge on any atom is 0.358 e. The number of benzene rings is 1. The van der Waals surface area contributed by atoms with E-state index in [4.69, 9.17) is 4.74 Å². The molecule has 0 unspecified atom stereocenters. The van der Waals surface area contributed by atoms with Crippen molar-refractivity contribution in [2.45, 2.75) is 36.0 Å². The van der Waals surface area contributed by atoms with E-state index in [0.29, 0.717) is 27.8 Å². The van der Waals surface area contributed by atoms with Crippen LogP contribution in [0.25, 0.3) is 11.0 Å². The smallest absolute Gasteiger partial charge is 0.358 e. The van der Waals surface area contributed by atoms with Gasteiger partial charge in [0, 0.05) is 16.3 Å². The van der Waals surface area contributed by atoms with Gasteiger partial charge in [-0.25, -0.2) is 14.8 Å². The van der Waals surface area contributed by atoms with E-state index in [9.17, 15) is 4.79 Å². The molecule has 0 atom stereocenters. The zero-order chi connectivity index (χ0) is 16.5. The third kappa shape index (κ3) is 3.01. The molecule has 0 spiro atoms. The normalized spacial score (nSPS) is 19.9. The molecule has 0 saturated heterocycles. The monoisotopic (exact) mass is 339 g/mol. The fraction of sp³-hybridized carbons (Fsp3) is 0.278. The molecule has 24 heavy (non-hydrogen) atoms. The first-order valence-electron chi connectivity index (χ1n) is 7.93. The molecule has 0 aliphatic heterocycles. The van der Waals surface area contributed by atoms with Crippen LogP contribution in [0.2, 0.25) is 0 Å². The third-order valence-electron chi connectivity index (χ3n) is 4.09. The van der Waals surface area contributed by atoms with Gasteiger partial charge in [0.25, 0.3) is 0 Å². The summed E-state index contributed by atoms with van der Waals surface area (Å²) >= 11 is 1.84. The Labute approximate surface area is 143 Å². The molecule has 3 aromatic rings. The SMILES string of the molecule is Cc1nc(C(=O)OC2CC(Sc3ccccc3)C2)c2cc[nH]c2n1. The molecule has 1 N–H and O–H groups in total. The Kier molecular flexibility index (Phi) is 3.98. The number of aryl methyl sites for hydroxylation is 1. The fourth-order valence-corrected chi connectivity index (χ4v) is 4.14. The van der Waals surface area contributed by atoms with Crippen molar-refractivity contribution in [3.63, 3.8) is 0 Å². The van der Waals surface area contributed by atoms with Gasteiger partial charge in [0.05, 0.1) is 5.39 Å². The zero-order valence-electron chi connectivity index (χ0n) is 13.2. The number of carbonyl (C=O) groups is 1. The minimum atomic E-state index is -0.363. The van der Waals surface area contributed by atoms with Crippen molar-refractivity contribution in [2.75, 3.05) is 0 Å². The van der Waals surface area contributed by atoms with E-state index in [1.807, 2.05) is 30.0 Å². The summed E-state index contributed by atoms with van der Waals surface area (Å²) in [6.07, 6.45) is 3.49. The Hall–Kier alpha value is -2.34. The standard InChI is InChI=1S/C18H17N3O2S/c1-11-20-16(15-7-8-19-17(15)21-11)18(22)23-12-9-14(10-12)24-13-5-3-2-4-6-13/h2-8,12,14H,9-10H2,1H3,(H,19,20,21). The lowest BCUT2D eigenvalue weighted by atomic mass is 9.95. The first-order valence-corrected chi connectivity index (χ1v) is 8.81. The van der Waals surface area contributed by atoms with E-state index in [-0.39, 0.29) is 12.1 Å². The van der Waals surface area contributed by atoms with E-state index < -0.39 is 0 Å². The van der Waals surface area contributed by atoms with Crippen LogP contribution in [0.3, 0.4) is 0 Å². The van der Waals surface area contributed by atoms with Gasteiger partial charge in [0.2, 0.25) is 0 Å². The van der Waals surface area contributed by atoms with Gasteiger partial charge in [-0.2, -0.15) is 0 Å². The van der Waals surface area contributed by atoms with Crippen LogP contribution >= 0.6 is 11.8 Å². The maximum atomic E-state index is 12.4. The van der Waals surface area contributed by atoms with Crippen LogP contribution in [0.15, 0.2) is 47.5 Å². The van der Waals surface area contributed by atoms with Crippen LogP contribution in [-0.2, 0) is 4.74 Å². The topological polar surface area (TPSA) is 67.9 Å². The van der Waals surface area contributed by atoms with Crippen molar-refractivity contribution in [3.05, 3.63) is 54.1 Å². The van der Waals surface area contributed by atoms with E-state index in [2.05, 4.69) is 27.1 Å². The van der Waals surface area contributed by atoms with Gasteiger partial charge in [0.15, 0.2) is 5.69 Å². The van der Waals surface area contributed by atoms with Crippen LogP contribution in [0, 0.1) is 6.92 Å². The Morgan fingerprint density at radius 1 is 1.21 bits per heavy atom. The van der Waals surface area contributed by atoms with Gasteiger partial charge >= 0.3 is 5.97 Å². The number of hydrogen-bond donors (Lipinski definition) is 1. The molecule has 0 amide bonds. The van der Waals surface area contributed by atoms with Gasteiger partial charge in [0.1, 0.15) is 17.6 Å². The largest absolute Gasteiger partial charge is 0.458 e. The van der Waals surface area contributed by atoms with E-state index >= 15 is 0 Å². The Morgan fingerprint density at radius 2 is 2.00 bits per heavy atom. The molecule has 1 fully saturated rings. The lowest BCUT2D eigenvalue weighted by Gasteiger charge is -2.34. The van der Waals surface area contributed by atoms with Gasteiger partial charge in [-0.15, -0.1) is 11.8 Å². The molecule has 1 aliphatic rings. The van der Waals surface area contributed by atoms with Crippen molar-refractivity contribution >= 4 is 28.8 Å². The van der Waals surface area contributed by atoms with Gasteiger partial charge < -0.3 is 9.72 Å². The minimum absolute atomic E-state index is 0.0250. The molecule has 6 heteroatoms. The van der Waals surface area contributed by atoms with Crippen molar-refractivity contribution in [3.8, 4) is 0 Å². The van der Waals surface area contributed by atoms with Crippen molar-refractivity contribution in [1.29, 1.82) is 0 Å². The van der Waals surface area contributed by atoms with E-state index in [1.54, 1.807) is 19.2 Å². The highest BCUT2D eigenvalue weighted by Crippen LogP contribution is 2.38. The lowest BCUT2D eigenvalue weighted by molar-refractivity contribution is 0.0105. The maximum absolute atomic E-state index is 12.4. The minimum Gasteiger partial charge on any atom is -0.458 e. The summed E-state index contributed by atoms with van der Waals surface area (Å²) in [5.74, 6) is 0.196. The second-order valence-electron chi connectivity index (χ2n) is 5.91. The number of fused-ring (bicyclic) bond motifs is 1. The highest BCUT2D eigenvalue weighted by atomic mass is 32.2. The van der Waals surface area contributed by atoms with Gasteiger partial charge in [-0.1, -0.05) is 18.2 Å². The first kappa shape index (κ1) is 15.2. The van der Waals surface area contributed by atoms with Crippen LogP contribution in [0.1, 0.15) is 29.2 Å². The predicted octanol–water partition coefficient (Wildman–Crippen LogP) is 3.75. The number of ether oxygens (including phenoxy) is 1. The summed E-state index contributed by atoms with van der Waals surface area (Å²) in [6, 6.07) is 12.1. The third-order valence-corrected chi connectivity index (χ3v) is 5.35. The first-order chi connectivity index (χ1) is 11.7. The summed E-state index contributed by atoms with van der Waals surface area (Å²) < 4.78 is 5.62. The number of aromatic nitrogens is 3. The number of nitrogens with one attached hydrogen (secondary N) is 1. The molecule has 1 aromatic carbocycles. The summed E-state index contributed by atoms with van der Waals surface area (Å²) in [4.78, 5) is 25.2. The van der Waals surface area contributed by atoms with Crippen LogP contribution in [0.4, 0.5) is 0 Å². The highest BCUT2D eigenvalue weighted by molar-refractivity contribution is 8.00. The number of carbonyl (C=O) groups excluding carboxylic acids is 1. The second kappa shape index (κ2) is 6.28. The molecule has 2 aromatic heterocycles. The molecule has 0 radical (unpaired) electrons. The Balaban J connectivity index is 1.38. The number of rotatable bonds is 4. The summed E-state index contributed by atoms with van der Waals surface area (Å²) in [5, 5.41) is 1.21. The van der Waals surface area contributed by atoms with E-state index in [1.165, 1.54) is 4.90 Å². The fourth-order valence-electron chi connectivity index (χ4n) is 2.82. The molecule has 5 nitrogen and oxygen atoms in total. The molecule has 122 valence electrons. The van der Waals surface area contributed by atoms with Crippen molar-refractivity contribution in [2.24, 2.45) is 0 Å². The predicted molar refractivity (Wildman–Crippen MR) is 93.2 cm³/mol. The molecular formula is C18H17N3O2S. The van der Waals surface area contributed by atoms with Crippen LogP contribution < -0.4 is 0 Å². The Morgan fingerprint density at radius 3 is 2.79 bits per heavy atom. The lowest BCUT2D eigenvalue weighted by Crippen LogP contribution is -2.35.